The summed E-state index contributed by atoms with van der Waals surface area (Å²) in [5, 5.41) is 10.8. The van der Waals surface area contributed by atoms with Crippen molar-refractivity contribution in [2.75, 3.05) is 19.3 Å². The highest BCUT2D eigenvalue weighted by Crippen LogP contribution is 2.43. The van der Waals surface area contributed by atoms with Gasteiger partial charge in [-0.2, -0.15) is 0 Å². The van der Waals surface area contributed by atoms with Crippen LogP contribution in [-0.4, -0.2) is 60.2 Å². The molecule has 34 heavy (non-hydrogen) atoms. The highest BCUT2D eigenvalue weighted by Gasteiger charge is 2.52. The van der Waals surface area contributed by atoms with Gasteiger partial charge in [0.2, 0.25) is 11.8 Å². The Balaban J connectivity index is 1.41. The fourth-order valence-electron chi connectivity index (χ4n) is 4.48. The average molecular weight is 486 g/mol. The van der Waals surface area contributed by atoms with Crippen molar-refractivity contribution in [2.24, 2.45) is 5.41 Å². The van der Waals surface area contributed by atoms with E-state index in [9.17, 15) is 32.9 Å². The van der Waals surface area contributed by atoms with Crippen molar-refractivity contribution >= 4 is 33.2 Å². The first kappa shape index (κ1) is 23.6. The van der Waals surface area contributed by atoms with Crippen LogP contribution in [0.3, 0.4) is 0 Å². The van der Waals surface area contributed by atoms with Crippen LogP contribution in [0.1, 0.15) is 35.2 Å². The van der Waals surface area contributed by atoms with Crippen LogP contribution >= 0.6 is 0 Å². The van der Waals surface area contributed by atoms with E-state index < -0.39 is 20.2 Å². The Kier molecular flexibility index (Phi) is 5.98. The summed E-state index contributed by atoms with van der Waals surface area (Å²) < 4.78 is 23.3. The van der Waals surface area contributed by atoms with Crippen LogP contribution in [0.25, 0.3) is 0 Å². The monoisotopic (exact) mass is 485 g/mol. The first-order chi connectivity index (χ1) is 16.0. The standard InChI is InChI=1S/C23H23N3O7S/c1-34(32,33)19-8-2-16(3-9-19)15-25-20(27)14-23(22(25)29)10-12-24(13-11-23)21(28)17-4-6-18(7-5-17)26(30)31/h2-9H,10-15H2,1H3. The molecule has 0 bridgehead atoms. The number of nitro benzene ring substituents is 1. The van der Waals surface area contributed by atoms with Gasteiger partial charge in [0.05, 0.1) is 21.8 Å². The minimum Gasteiger partial charge on any atom is -0.339 e. The maximum Gasteiger partial charge on any atom is 0.269 e. The lowest BCUT2D eigenvalue weighted by Crippen LogP contribution is -2.46. The summed E-state index contributed by atoms with van der Waals surface area (Å²) in [5.74, 6) is -0.830. The molecule has 1 spiro atoms. The second-order valence-electron chi connectivity index (χ2n) is 8.75. The van der Waals surface area contributed by atoms with E-state index in [2.05, 4.69) is 0 Å². The third-order valence-corrected chi connectivity index (χ3v) is 7.64. The van der Waals surface area contributed by atoms with Crippen LogP contribution in [-0.2, 0) is 26.0 Å². The molecule has 2 fully saturated rings. The fourth-order valence-corrected chi connectivity index (χ4v) is 5.11. The summed E-state index contributed by atoms with van der Waals surface area (Å²) in [6.45, 7) is 0.659. The Hall–Kier alpha value is -3.60. The summed E-state index contributed by atoms with van der Waals surface area (Å²) in [5.41, 5.74) is 0.0255. The molecule has 0 aliphatic carbocycles. The Morgan fingerprint density at radius 3 is 2.15 bits per heavy atom. The smallest absolute Gasteiger partial charge is 0.269 e. The van der Waals surface area contributed by atoms with Crippen LogP contribution in [0, 0.1) is 15.5 Å². The molecule has 2 heterocycles. The minimum atomic E-state index is -3.34. The molecular formula is C23H23N3O7S. The largest absolute Gasteiger partial charge is 0.339 e. The van der Waals surface area contributed by atoms with Gasteiger partial charge in [0.25, 0.3) is 11.6 Å². The number of carbonyl (C=O) groups excluding carboxylic acids is 3. The third kappa shape index (κ3) is 4.43. The minimum absolute atomic E-state index is 0.0644. The van der Waals surface area contributed by atoms with Crippen LogP contribution in [0.4, 0.5) is 5.69 Å². The van der Waals surface area contributed by atoms with Crippen LogP contribution in [0.2, 0.25) is 0 Å². The lowest BCUT2D eigenvalue weighted by Gasteiger charge is -2.37. The van der Waals surface area contributed by atoms with Crippen LogP contribution in [0.15, 0.2) is 53.4 Å². The Labute approximate surface area is 196 Å². The summed E-state index contributed by atoms with van der Waals surface area (Å²) in [6, 6.07) is 11.5. The molecule has 3 amide bonds. The third-order valence-electron chi connectivity index (χ3n) is 6.51. The quantitative estimate of drug-likeness (QED) is 0.360. The maximum atomic E-state index is 13.2. The number of likely N-dealkylation sites (tertiary alicyclic amines) is 2. The number of imide groups is 1. The van der Waals surface area contributed by atoms with Crippen molar-refractivity contribution < 1.29 is 27.7 Å². The van der Waals surface area contributed by atoms with E-state index in [0.717, 1.165) is 6.26 Å². The van der Waals surface area contributed by atoms with E-state index in [4.69, 9.17) is 0 Å². The van der Waals surface area contributed by atoms with Crippen LogP contribution < -0.4 is 0 Å². The lowest BCUT2D eigenvalue weighted by atomic mass is 9.77. The highest BCUT2D eigenvalue weighted by atomic mass is 32.2. The molecule has 2 aromatic rings. The van der Waals surface area contributed by atoms with Crippen molar-refractivity contribution in [3.05, 3.63) is 69.8 Å². The van der Waals surface area contributed by atoms with Gasteiger partial charge in [-0.15, -0.1) is 0 Å². The van der Waals surface area contributed by atoms with Gasteiger partial charge in [-0.05, 0) is 42.7 Å². The number of nitro groups is 1. The van der Waals surface area contributed by atoms with Crippen molar-refractivity contribution in [1.82, 2.24) is 9.80 Å². The van der Waals surface area contributed by atoms with Crippen molar-refractivity contribution in [1.29, 1.82) is 0 Å². The number of amides is 3. The molecule has 0 unspecified atom stereocenters. The molecule has 2 aliphatic rings. The summed E-state index contributed by atoms with van der Waals surface area (Å²) in [6.07, 6.45) is 1.88. The van der Waals surface area contributed by atoms with E-state index in [0.29, 0.717) is 37.1 Å². The number of rotatable bonds is 5. The SMILES string of the molecule is CS(=O)(=O)c1ccc(CN2C(=O)CC3(CCN(C(=O)c4ccc([N+](=O)[O-])cc4)CC3)C2=O)cc1. The van der Waals surface area contributed by atoms with E-state index in [-0.39, 0.29) is 41.3 Å². The van der Waals surface area contributed by atoms with Crippen LogP contribution in [0.5, 0.6) is 0 Å². The van der Waals surface area contributed by atoms with E-state index in [1.54, 1.807) is 17.0 Å². The molecule has 178 valence electrons. The van der Waals surface area contributed by atoms with Crippen molar-refractivity contribution in [3.8, 4) is 0 Å². The zero-order valence-electron chi connectivity index (χ0n) is 18.5. The van der Waals surface area contributed by atoms with E-state index in [1.165, 1.54) is 41.3 Å². The summed E-state index contributed by atoms with van der Waals surface area (Å²) in [4.78, 5) is 51.9. The predicted molar refractivity (Wildman–Crippen MR) is 120 cm³/mol. The highest BCUT2D eigenvalue weighted by molar-refractivity contribution is 7.90. The molecule has 2 aliphatic heterocycles. The number of piperidine rings is 1. The molecular weight excluding hydrogens is 462 g/mol. The Morgan fingerprint density at radius 1 is 1.03 bits per heavy atom. The second kappa shape index (κ2) is 8.64. The molecule has 0 atom stereocenters. The zero-order valence-corrected chi connectivity index (χ0v) is 19.3. The lowest BCUT2D eigenvalue weighted by molar-refractivity contribution is -0.384. The summed E-state index contributed by atoms with van der Waals surface area (Å²) >= 11 is 0. The van der Waals surface area contributed by atoms with Crippen molar-refractivity contribution in [2.45, 2.75) is 30.7 Å². The van der Waals surface area contributed by atoms with Crippen molar-refractivity contribution in [3.63, 3.8) is 0 Å². The molecule has 0 N–H and O–H groups in total. The number of non-ortho nitro benzene ring substituents is 1. The van der Waals surface area contributed by atoms with Gasteiger partial charge >= 0.3 is 0 Å². The first-order valence-corrected chi connectivity index (χ1v) is 12.6. The molecule has 11 heteroatoms. The first-order valence-electron chi connectivity index (χ1n) is 10.7. The number of carbonyl (C=O) groups is 3. The number of hydrogen-bond donors (Lipinski definition) is 0. The fraction of sp³-hybridized carbons (Fsp3) is 0.348. The number of benzene rings is 2. The molecule has 0 radical (unpaired) electrons. The van der Waals surface area contributed by atoms with Gasteiger partial charge in [0, 0.05) is 43.5 Å². The number of nitrogens with zero attached hydrogens (tertiary/aromatic N) is 3. The topological polar surface area (TPSA) is 135 Å². The van der Waals surface area contributed by atoms with Gasteiger partial charge < -0.3 is 4.90 Å². The van der Waals surface area contributed by atoms with Gasteiger partial charge in [0.15, 0.2) is 9.84 Å². The van der Waals surface area contributed by atoms with Gasteiger partial charge in [-0.25, -0.2) is 8.42 Å². The maximum absolute atomic E-state index is 13.2. The Bertz CT molecular complexity index is 1260. The Morgan fingerprint density at radius 2 is 1.62 bits per heavy atom. The molecule has 2 aromatic carbocycles. The van der Waals surface area contributed by atoms with E-state index >= 15 is 0 Å². The normalized spacial score (nSPS) is 17.9. The zero-order chi connectivity index (χ0) is 24.7. The molecule has 0 saturated carbocycles. The molecule has 10 nitrogen and oxygen atoms in total. The van der Waals surface area contributed by atoms with Gasteiger partial charge in [-0.3, -0.25) is 29.4 Å². The van der Waals surface area contributed by atoms with E-state index in [1.807, 2.05) is 0 Å². The predicted octanol–water partition coefficient (Wildman–Crippen LogP) is 2.18. The molecule has 4 rings (SSSR count). The number of sulfone groups is 1. The molecule has 0 aromatic heterocycles. The molecule has 2 saturated heterocycles. The number of hydrogen-bond acceptors (Lipinski definition) is 7. The van der Waals surface area contributed by atoms with Gasteiger partial charge in [0.1, 0.15) is 0 Å². The van der Waals surface area contributed by atoms with Gasteiger partial charge in [-0.1, -0.05) is 12.1 Å². The second-order valence-corrected chi connectivity index (χ2v) is 10.8. The summed E-state index contributed by atoms with van der Waals surface area (Å²) in [7, 11) is -3.34. The average Bonchev–Trinajstić information content (AvgIpc) is 3.03.